The van der Waals surface area contributed by atoms with Gasteiger partial charge in [-0.25, -0.2) is 0 Å². The van der Waals surface area contributed by atoms with Crippen LogP contribution in [-0.4, -0.2) is 53.8 Å². The van der Waals surface area contributed by atoms with Crippen molar-refractivity contribution >= 4 is 17.5 Å². The highest BCUT2D eigenvalue weighted by Crippen LogP contribution is 2.27. The first-order valence-corrected chi connectivity index (χ1v) is 8.78. The molecule has 0 radical (unpaired) electrons. The average molecular weight is 383 g/mol. The summed E-state index contributed by atoms with van der Waals surface area (Å²) in [5, 5.41) is 21.2. The summed E-state index contributed by atoms with van der Waals surface area (Å²) in [5.41, 5.74) is 2.57. The van der Waals surface area contributed by atoms with Crippen molar-refractivity contribution < 1.29 is 14.8 Å². The van der Waals surface area contributed by atoms with Crippen molar-refractivity contribution in [2.45, 2.75) is 13.1 Å². The fourth-order valence-electron chi connectivity index (χ4n) is 2.80. The van der Waals surface area contributed by atoms with Gasteiger partial charge in [-0.2, -0.15) is 0 Å². The molecule has 0 heterocycles. The summed E-state index contributed by atoms with van der Waals surface area (Å²) >= 11 is 0. The molecule has 0 aliphatic heterocycles. The zero-order chi connectivity index (χ0) is 20.8. The SMILES string of the molecule is CN(C)Cc1cc(C(=O)C=Cc2ccc([N+](=O)[O-])cc2)cc(CN(C)C)c1O. The number of carbonyl (C=O) groups is 1. The Balaban J connectivity index is 2.31. The molecular weight excluding hydrogens is 358 g/mol. The third-order valence-electron chi connectivity index (χ3n) is 4.06. The molecule has 0 atom stereocenters. The second-order valence-corrected chi connectivity index (χ2v) is 7.16. The van der Waals surface area contributed by atoms with Crippen molar-refractivity contribution in [3.05, 3.63) is 74.8 Å². The second-order valence-electron chi connectivity index (χ2n) is 7.16. The zero-order valence-corrected chi connectivity index (χ0v) is 16.5. The number of phenols is 1. The van der Waals surface area contributed by atoms with Gasteiger partial charge >= 0.3 is 0 Å². The predicted molar refractivity (Wildman–Crippen MR) is 109 cm³/mol. The molecule has 0 fully saturated rings. The topological polar surface area (TPSA) is 86.9 Å². The van der Waals surface area contributed by atoms with Crippen LogP contribution >= 0.6 is 0 Å². The minimum atomic E-state index is -0.465. The highest BCUT2D eigenvalue weighted by molar-refractivity contribution is 6.07. The number of ketones is 1. The van der Waals surface area contributed by atoms with Crippen molar-refractivity contribution in [2.24, 2.45) is 0 Å². The summed E-state index contributed by atoms with van der Waals surface area (Å²) in [5.74, 6) is 0.0108. The Hall–Kier alpha value is -3.03. The Morgan fingerprint density at radius 2 is 1.54 bits per heavy atom. The molecule has 0 spiro atoms. The van der Waals surface area contributed by atoms with Crippen molar-refractivity contribution in [1.82, 2.24) is 9.80 Å². The molecule has 0 aromatic heterocycles. The highest BCUT2D eigenvalue weighted by Gasteiger charge is 2.14. The Labute approximate surface area is 164 Å². The molecule has 148 valence electrons. The normalized spacial score (nSPS) is 11.5. The van der Waals surface area contributed by atoms with Gasteiger partial charge in [-0.05, 0) is 64.1 Å². The first-order valence-electron chi connectivity index (χ1n) is 8.78. The molecule has 7 heteroatoms. The number of nitro benzene ring substituents is 1. The summed E-state index contributed by atoms with van der Waals surface area (Å²) in [4.78, 5) is 26.8. The van der Waals surface area contributed by atoms with Crippen LogP contribution in [0.2, 0.25) is 0 Å². The van der Waals surface area contributed by atoms with Crippen LogP contribution in [0.3, 0.4) is 0 Å². The summed E-state index contributed by atoms with van der Waals surface area (Å²) in [6.45, 7) is 1.03. The lowest BCUT2D eigenvalue weighted by molar-refractivity contribution is -0.384. The molecule has 0 aliphatic carbocycles. The number of hydrogen-bond donors (Lipinski definition) is 1. The number of phenolic OH excluding ortho intramolecular Hbond substituents is 1. The number of rotatable bonds is 8. The van der Waals surface area contributed by atoms with Gasteiger partial charge in [0.25, 0.3) is 5.69 Å². The van der Waals surface area contributed by atoms with Crippen LogP contribution in [0.4, 0.5) is 5.69 Å². The van der Waals surface area contributed by atoms with Crippen LogP contribution in [0, 0.1) is 10.1 Å². The molecule has 1 N–H and O–H groups in total. The van der Waals surface area contributed by atoms with Gasteiger partial charge < -0.3 is 14.9 Å². The molecule has 28 heavy (non-hydrogen) atoms. The molecule has 0 aliphatic rings. The number of aromatic hydroxyl groups is 1. The van der Waals surface area contributed by atoms with E-state index in [0.717, 1.165) is 0 Å². The predicted octanol–water partition coefficient (Wildman–Crippen LogP) is 3.32. The fraction of sp³-hybridized carbons (Fsp3) is 0.286. The Morgan fingerprint density at radius 1 is 1.04 bits per heavy atom. The van der Waals surface area contributed by atoms with Crippen LogP contribution < -0.4 is 0 Å². The maximum atomic E-state index is 12.7. The average Bonchev–Trinajstić information content (AvgIpc) is 2.62. The molecule has 0 amide bonds. The molecule has 0 bridgehead atoms. The van der Waals surface area contributed by atoms with Gasteiger partial charge in [-0.3, -0.25) is 14.9 Å². The maximum absolute atomic E-state index is 12.7. The van der Waals surface area contributed by atoms with Gasteiger partial charge in [0, 0.05) is 41.9 Å². The summed E-state index contributed by atoms with van der Waals surface area (Å²) in [6, 6.07) is 9.39. The highest BCUT2D eigenvalue weighted by atomic mass is 16.6. The Bertz CT molecular complexity index is 856. The fourth-order valence-corrected chi connectivity index (χ4v) is 2.80. The quantitative estimate of drug-likeness (QED) is 0.326. The summed E-state index contributed by atoms with van der Waals surface area (Å²) in [7, 11) is 7.59. The number of nitrogens with zero attached hydrogens (tertiary/aromatic N) is 3. The number of allylic oxidation sites excluding steroid dienone is 1. The molecular formula is C21H25N3O4. The van der Waals surface area contributed by atoms with Gasteiger partial charge in [-0.1, -0.05) is 6.08 Å². The van der Waals surface area contributed by atoms with E-state index >= 15 is 0 Å². The van der Waals surface area contributed by atoms with Gasteiger partial charge in [0.15, 0.2) is 5.78 Å². The molecule has 0 saturated heterocycles. The Kier molecular flexibility index (Phi) is 7.03. The minimum Gasteiger partial charge on any atom is -0.507 e. The van der Waals surface area contributed by atoms with Crippen LogP contribution in [-0.2, 0) is 13.1 Å². The molecule has 2 rings (SSSR count). The van der Waals surface area contributed by atoms with Crippen LogP contribution in [0.25, 0.3) is 6.08 Å². The van der Waals surface area contributed by atoms with E-state index in [4.69, 9.17) is 0 Å². The smallest absolute Gasteiger partial charge is 0.269 e. The standard InChI is InChI=1S/C21H25N3O4/c1-22(2)13-17-11-16(12-18(21(17)26)14-23(3)4)20(25)10-7-15-5-8-19(9-6-15)24(27)28/h5-12,26H,13-14H2,1-4H3. The third-order valence-corrected chi connectivity index (χ3v) is 4.06. The lowest BCUT2D eigenvalue weighted by Crippen LogP contribution is -2.15. The van der Waals surface area contributed by atoms with Gasteiger partial charge in [0.05, 0.1) is 4.92 Å². The second kappa shape index (κ2) is 9.25. The lowest BCUT2D eigenvalue weighted by atomic mass is 10.00. The molecule has 7 nitrogen and oxygen atoms in total. The van der Waals surface area contributed by atoms with E-state index in [9.17, 15) is 20.0 Å². The lowest BCUT2D eigenvalue weighted by Gasteiger charge is -2.17. The van der Waals surface area contributed by atoms with Crippen molar-refractivity contribution in [3.8, 4) is 5.75 Å². The third kappa shape index (κ3) is 5.73. The van der Waals surface area contributed by atoms with Crippen LogP contribution in [0.1, 0.15) is 27.0 Å². The van der Waals surface area contributed by atoms with E-state index in [1.54, 1.807) is 30.3 Å². The zero-order valence-electron chi connectivity index (χ0n) is 16.5. The van der Waals surface area contributed by atoms with Crippen molar-refractivity contribution in [1.29, 1.82) is 0 Å². The van der Waals surface area contributed by atoms with Crippen molar-refractivity contribution in [2.75, 3.05) is 28.2 Å². The minimum absolute atomic E-state index is 0.00339. The first kappa shape index (κ1) is 21.3. The number of benzene rings is 2. The maximum Gasteiger partial charge on any atom is 0.269 e. The van der Waals surface area contributed by atoms with Gasteiger partial charge in [0.1, 0.15) is 5.75 Å². The monoisotopic (exact) mass is 383 g/mol. The molecule has 0 unspecified atom stereocenters. The van der Waals surface area contributed by atoms with Crippen molar-refractivity contribution in [3.63, 3.8) is 0 Å². The number of carbonyl (C=O) groups excluding carboxylic acids is 1. The largest absolute Gasteiger partial charge is 0.507 e. The number of non-ortho nitro benzene ring substituents is 1. The first-order chi connectivity index (χ1) is 13.2. The van der Waals surface area contributed by atoms with Gasteiger partial charge in [0.2, 0.25) is 0 Å². The number of nitro groups is 1. The molecule has 2 aromatic rings. The van der Waals surface area contributed by atoms with E-state index in [0.29, 0.717) is 35.3 Å². The molecule has 2 aromatic carbocycles. The van der Waals surface area contributed by atoms with E-state index in [1.807, 2.05) is 38.0 Å². The van der Waals surface area contributed by atoms with E-state index in [1.165, 1.54) is 18.2 Å². The van der Waals surface area contributed by atoms with E-state index in [2.05, 4.69) is 0 Å². The van der Waals surface area contributed by atoms with Crippen LogP contribution in [0.5, 0.6) is 5.75 Å². The number of hydrogen-bond acceptors (Lipinski definition) is 6. The van der Waals surface area contributed by atoms with E-state index in [-0.39, 0.29) is 17.2 Å². The van der Waals surface area contributed by atoms with E-state index < -0.39 is 4.92 Å². The summed E-state index contributed by atoms with van der Waals surface area (Å²) < 4.78 is 0. The summed E-state index contributed by atoms with van der Waals surface area (Å²) in [6.07, 6.45) is 3.06. The Morgan fingerprint density at radius 3 is 1.96 bits per heavy atom. The van der Waals surface area contributed by atoms with Crippen LogP contribution in [0.15, 0.2) is 42.5 Å². The van der Waals surface area contributed by atoms with Gasteiger partial charge in [-0.15, -0.1) is 0 Å². The molecule has 0 saturated carbocycles.